The molecule has 1 heterocycles. The number of nitrogens with one attached hydrogen (secondary N) is 2. The first-order valence-corrected chi connectivity index (χ1v) is 8.66. The normalized spacial score (nSPS) is 22.2. The van der Waals surface area contributed by atoms with Gasteiger partial charge in [0.1, 0.15) is 0 Å². The van der Waals surface area contributed by atoms with Crippen LogP contribution in [0.15, 0.2) is 35.3 Å². The van der Waals surface area contributed by atoms with E-state index in [9.17, 15) is 13.2 Å². The molecule has 0 bridgehead atoms. The van der Waals surface area contributed by atoms with Crippen LogP contribution in [0.3, 0.4) is 0 Å². The van der Waals surface area contributed by atoms with E-state index >= 15 is 0 Å². The number of likely N-dealkylation sites (tertiary alicyclic amines) is 1. The average molecular weight is 356 g/mol. The van der Waals surface area contributed by atoms with Gasteiger partial charge in [0.15, 0.2) is 5.96 Å². The number of aliphatic imine (C=N–C) groups is 1. The smallest absolute Gasteiger partial charge is 0.356 e. The van der Waals surface area contributed by atoms with Crippen LogP contribution in [0.1, 0.15) is 25.3 Å². The zero-order chi connectivity index (χ0) is 18.3. The highest BCUT2D eigenvalue weighted by atomic mass is 19.4. The lowest BCUT2D eigenvalue weighted by molar-refractivity contribution is -0.132. The van der Waals surface area contributed by atoms with Gasteiger partial charge in [-0.1, -0.05) is 30.3 Å². The van der Waals surface area contributed by atoms with Crippen molar-refractivity contribution in [1.29, 1.82) is 0 Å². The number of rotatable bonds is 6. The Morgan fingerprint density at radius 1 is 1.24 bits per heavy atom. The number of halogens is 3. The Kier molecular flexibility index (Phi) is 7.11. The van der Waals surface area contributed by atoms with Crippen molar-refractivity contribution in [1.82, 2.24) is 15.5 Å². The molecule has 1 aliphatic heterocycles. The topological polar surface area (TPSA) is 39.7 Å². The van der Waals surface area contributed by atoms with E-state index in [1.54, 1.807) is 7.05 Å². The number of hydrogen-bond acceptors (Lipinski definition) is 2. The predicted molar refractivity (Wildman–Crippen MR) is 94.5 cm³/mol. The first-order chi connectivity index (χ1) is 11.9. The van der Waals surface area contributed by atoms with Gasteiger partial charge in [0, 0.05) is 39.3 Å². The number of guanidine groups is 1. The third-order valence-corrected chi connectivity index (χ3v) is 4.50. The van der Waals surface area contributed by atoms with E-state index in [0.717, 1.165) is 19.5 Å². The molecule has 1 aromatic carbocycles. The Hall–Kier alpha value is -1.76. The van der Waals surface area contributed by atoms with Gasteiger partial charge in [0.2, 0.25) is 0 Å². The third kappa shape index (κ3) is 6.94. The fourth-order valence-electron chi connectivity index (χ4n) is 3.19. The highest BCUT2D eigenvalue weighted by Gasteiger charge is 2.29. The minimum atomic E-state index is -4.15. The monoisotopic (exact) mass is 356 g/mol. The molecule has 0 saturated carbocycles. The molecule has 0 aliphatic carbocycles. The zero-order valence-corrected chi connectivity index (χ0v) is 14.8. The molecule has 2 rings (SSSR count). The van der Waals surface area contributed by atoms with Gasteiger partial charge in [-0.25, -0.2) is 0 Å². The minimum Gasteiger partial charge on any atom is -0.356 e. The van der Waals surface area contributed by atoms with Crippen molar-refractivity contribution in [3.8, 4) is 0 Å². The molecule has 140 valence electrons. The number of nitrogens with zero attached hydrogens (tertiary/aromatic N) is 2. The summed E-state index contributed by atoms with van der Waals surface area (Å²) in [6.45, 7) is 4.67. The van der Waals surface area contributed by atoms with Crippen LogP contribution in [0.2, 0.25) is 0 Å². The summed E-state index contributed by atoms with van der Waals surface area (Å²) in [5.74, 6) is 0.887. The summed E-state index contributed by atoms with van der Waals surface area (Å²) in [4.78, 5) is 6.43. The van der Waals surface area contributed by atoms with Gasteiger partial charge >= 0.3 is 6.18 Å². The number of benzene rings is 1. The molecule has 7 heteroatoms. The molecular weight excluding hydrogens is 329 g/mol. The first kappa shape index (κ1) is 19.6. The third-order valence-electron chi connectivity index (χ3n) is 4.50. The number of alkyl halides is 3. The van der Waals surface area contributed by atoms with Gasteiger partial charge in [-0.3, -0.25) is 9.89 Å². The van der Waals surface area contributed by atoms with Gasteiger partial charge < -0.3 is 10.6 Å². The van der Waals surface area contributed by atoms with Gasteiger partial charge in [0.25, 0.3) is 0 Å². The molecule has 1 aromatic rings. The SMILES string of the molecule is CN=C(NCCC(F)(F)F)NCC1CC(C)N(Cc2ccccc2)C1. The minimum absolute atomic E-state index is 0.162. The summed E-state index contributed by atoms with van der Waals surface area (Å²) in [6.07, 6.45) is -3.94. The maximum Gasteiger partial charge on any atom is 0.390 e. The highest BCUT2D eigenvalue weighted by Crippen LogP contribution is 2.24. The molecule has 0 aromatic heterocycles. The van der Waals surface area contributed by atoms with Crippen LogP contribution in [-0.2, 0) is 6.54 Å². The van der Waals surface area contributed by atoms with Crippen LogP contribution in [-0.4, -0.2) is 49.8 Å². The summed E-state index contributed by atoms with van der Waals surface area (Å²) in [7, 11) is 1.57. The Balaban J connectivity index is 1.73. The van der Waals surface area contributed by atoms with Crippen LogP contribution in [0, 0.1) is 5.92 Å². The van der Waals surface area contributed by atoms with Crippen LogP contribution in [0.5, 0.6) is 0 Å². The van der Waals surface area contributed by atoms with E-state index in [2.05, 4.69) is 39.6 Å². The molecular formula is C18H27F3N4. The molecule has 1 aliphatic rings. The average Bonchev–Trinajstić information content (AvgIpc) is 2.90. The highest BCUT2D eigenvalue weighted by molar-refractivity contribution is 5.79. The van der Waals surface area contributed by atoms with Crippen molar-refractivity contribution in [2.75, 3.05) is 26.7 Å². The zero-order valence-electron chi connectivity index (χ0n) is 14.8. The van der Waals surface area contributed by atoms with Crippen LogP contribution in [0.4, 0.5) is 13.2 Å². The van der Waals surface area contributed by atoms with Crippen molar-refractivity contribution in [2.45, 2.75) is 38.5 Å². The van der Waals surface area contributed by atoms with Crippen molar-refractivity contribution >= 4 is 5.96 Å². The molecule has 1 fully saturated rings. The Morgan fingerprint density at radius 3 is 2.60 bits per heavy atom. The largest absolute Gasteiger partial charge is 0.390 e. The first-order valence-electron chi connectivity index (χ1n) is 8.66. The van der Waals surface area contributed by atoms with Gasteiger partial charge in [0.05, 0.1) is 6.42 Å². The molecule has 25 heavy (non-hydrogen) atoms. The summed E-state index contributed by atoms with van der Waals surface area (Å²) < 4.78 is 36.6. The van der Waals surface area contributed by atoms with Crippen LogP contribution in [0.25, 0.3) is 0 Å². The number of hydrogen-bond donors (Lipinski definition) is 2. The van der Waals surface area contributed by atoms with Crippen molar-refractivity contribution in [3.05, 3.63) is 35.9 Å². The van der Waals surface area contributed by atoms with Crippen molar-refractivity contribution in [3.63, 3.8) is 0 Å². The molecule has 0 radical (unpaired) electrons. The fraction of sp³-hybridized carbons (Fsp3) is 0.611. The van der Waals surface area contributed by atoms with E-state index in [1.807, 2.05) is 18.2 Å². The van der Waals surface area contributed by atoms with Gasteiger partial charge in [-0.05, 0) is 24.8 Å². The Morgan fingerprint density at radius 2 is 1.96 bits per heavy atom. The molecule has 1 saturated heterocycles. The van der Waals surface area contributed by atoms with E-state index in [4.69, 9.17) is 0 Å². The van der Waals surface area contributed by atoms with Gasteiger partial charge in [-0.15, -0.1) is 0 Å². The Labute approximate surface area is 147 Å². The summed E-state index contributed by atoms with van der Waals surface area (Å²) in [5.41, 5.74) is 1.30. The quantitative estimate of drug-likeness (QED) is 0.608. The molecule has 2 unspecified atom stereocenters. The van der Waals surface area contributed by atoms with E-state index < -0.39 is 12.6 Å². The Bertz CT molecular complexity index is 545. The molecule has 4 nitrogen and oxygen atoms in total. The van der Waals surface area contributed by atoms with Crippen molar-refractivity contribution < 1.29 is 13.2 Å². The second-order valence-electron chi connectivity index (χ2n) is 6.61. The van der Waals surface area contributed by atoms with E-state index in [-0.39, 0.29) is 6.54 Å². The second kappa shape index (κ2) is 9.08. The molecule has 0 spiro atoms. The van der Waals surface area contributed by atoms with E-state index in [0.29, 0.717) is 24.5 Å². The van der Waals surface area contributed by atoms with Gasteiger partial charge in [-0.2, -0.15) is 13.2 Å². The molecule has 2 atom stereocenters. The van der Waals surface area contributed by atoms with Crippen LogP contribution < -0.4 is 10.6 Å². The van der Waals surface area contributed by atoms with E-state index in [1.165, 1.54) is 5.56 Å². The maximum absolute atomic E-state index is 12.2. The molecule has 2 N–H and O–H groups in total. The summed E-state index contributed by atoms with van der Waals surface area (Å²) >= 11 is 0. The van der Waals surface area contributed by atoms with Crippen LogP contribution >= 0.6 is 0 Å². The lowest BCUT2D eigenvalue weighted by atomic mass is 10.1. The van der Waals surface area contributed by atoms with Crippen molar-refractivity contribution in [2.24, 2.45) is 10.9 Å². The fourth-order valence-corrected chi connectivity index (χ4v) is 3.19. The lowest BCUT2D eigenvalue weighted by Crippen LogP contribution is -2.41. The standard InChI is InChI=1S/C18H27F3N4/c1-14-10-16(13-25(14)12-15-6-4-3-5-7-15)11-24-17(22-2)23-9-8-18(19,20)21/h3-7,14,16H,8-13H2,1-2H3,(H2,22,23,24). The maximum atomic E-state index is 12.2. The molecule has 0 amide bonds. The lowest BCUT2D eigenvalue weighted by Gasteiger charge is -2.21. The second-order valence-corrected chi connectivity index (χ2v) is 6.61. The predicted octanol–water partition coefficient (Wildman–Crippen LogP) is 3.01. The summed E-state index contributed by atoms with van der Waals surface area (Å²) in [5, 5.41) is 5.86. The summed E-state index contributed by atoms with van der Waals surface area (Å²) in [6, 6.07) is 10.9.